The van der Waals surface area contributed by atoms with Gasteiger partial charge in [0.05, 0.1) is 13.2 Å². The molecule has 2 aromatic carbocycles. The summed E-state index contributed by atoms with van der Waals surface area (Å²) >= 11 is 0. The Hall–Kier alpha value is -2.66. The molecule has 0 aliphatic heterocycles. The van der Waals surface area contributed by atoms with Gasteiger partial charge < -0.3 is 9.15 Å². The zero-order chi connectivity index (χ0) is 17.3. The van der Waals surface area contributed by atoms with E-state index >= 15 is 0 Å². The van der Waals surface area contributed by atoms with Gasteiger partial charge in [0.25, 0.3) is 0 Å². The number of hydrogen-bond acceptors (Lipinski definition) is 5. The predicted molar refractivity (Wildman–Crippen MR) is 93.9 cm³/mol. The van der Waals surface area contributed by atoms with Crippen LogP contribution in [-0.2, 0) is 28.0 Å². The van der Waals surface area contributed by atoms with E-state index in [4.69, 9.17) is 9.15 Å². The van der Waals surface area contributed by atoms with Crippen LogP contribution in [-0.4, -0.2) is 17.6 Å². The van der Waals surface area contributed by atoms with E-state index in [1.165, 1.54) is 5.56 Å². The van der Waals surface area contributed by atoms with Crippen LogP contribution in [0.4, 0.5) is 0 Å². The number of esters is 1. The van der Waals surface area contributed by atoms with Crippen molar-refractivity contribution in [1.29, 1.82) is 0 Å². The smallest absolute Gasteiger partial charge is 0.331 e. The summed E-state index contributed by atoms with van der Waals surface area (Å²) < 4.78 is 11.2. The molecule has 1 aromatic heterocycles. The summed E-state index contributed by atoms with van der Waals surface area (Å²) in [6.45, 7) is 2.54. The fraction of sp³-hybridized carbons (Fsp3) is 0.300. The molecule has 0 amide bonds. The second-order valence-electron chi connectivity index (χ2n) is 6.21. The van der Waals surface area contributed by atoms with Crippen molar-refractivity contribution >= 4 is 17.1 Å². The normalized spacial score (nSPS) is 19.1. The van der Waals surface area contributed by atoms with Crippen molar-refractivity contribution < 1.29 is 13.9 Å². The van der Waals surface area contributed by atoms with Crippen LogP contribution in [0.1, 0.15) is 30.4 Å². The Labute approximate surface area is 146 Å². The zero-order valence-corrected chi connectivity index (χ0v) is 14.1. The van der Waals surface area contributed by atoms with Crippen LogP contribution in [0, 0.1) is 0 Å². The SMILES string of the molecule is CCOC(=O)C1(NCc2nc3ccccc3o2)CCc2ccccc21. The third kappa shape index (κ3) is 2.70. The number of carbonyl (C=O) groups is 1. The van der Waals surface area contributed by atoms with Crippen LogP contribution in [0.2, 0.25) is 0 Å². The van der Waals surface area contributed by atoms with Crippen molar-refractivity contribution in [3.05, 3.63) is 65.5 Å². The van der Waals surface area contributed by atoms with E-state index in [0.29, 0.717) is 25.5 Å². The monoisotopic (exact) mass is 336 g/mol. The Bertz CT molecular complexity index is 885. The molecule has 0 saturated carbocycles. The first-order chi connectivity index (χ1) is 12.2. The summed E-state index contributed by atoms with van der Waals surface area (Å²) in [5.74, 6) is 0.324. The van der Waals surface area contributed by atoms with Crippen LogP contribution in [0.3, 0.4) is 0 Å². The summed E-state index contributed by atoms with van der Waals surface area (Å²) in [5.41, 5.74) is 2.89. The van der Waals surface area contributed by atoms with E-state index in [1.807, 2.05) is 49.4 Å². The molecule has 1 N–H and O–H groups in total. The maximum absolute atomic E-state index is 12.8. The molecular weight excluding hydrogens is 316 g/mol. The van der Waals surface area contributed by atoms with E-state index in [1.54, 1.807) is 0 Å². The minimum absolute atomic E-state index is 0.240. The topological polar surface area (TPSA) is 64.4 Å². The molecule has 5 heteroatoms. The Kier molecular flexibility index (Phi) is 4.01. The molecule has 25 heavy (non-hydrogen) atoms. The van der Waals surface area contributed by atoms with E-state index in [2.05, 4.69) is 16.4 Å². The van der Waals surface area contributed by atoms with Gasteiger partial charge in [-0.1, -0.05) is 36.4 Å². The van der Waals surface area contributed by atoms with Gasteiger partial charge >= 0.3 is 5.97 Å². The van der Waals surface area contributed by atoms with E-state index in [9.17, 15) is 4.79 Å². The van der Waals surface area contributed by atoms with Crippen molar-refractivity contribution in [3.63, 3.8) is 0 Å². The molecule has 0 spiro atoms. The molecule has 0 bridgehead atoms. The van der Waals surface area contributed by atoms with E-state index in [-0.39, 0.29) is 5.97 Å². The van der Waals surface area contributed by atoms with Gasteiger partial charge in [0, 0.05) is 0 Å². The van der Waals surface area contributed by atoms with E-state index < -0.39 is 5.54 Å². The van der Waals surface area contributed by atoms with Crippen molar-refractivity contribution in [2.24, 2.45) is 0 Å². The van der Waals surface area contributed by atoms with Crippen molar-refractivity contribution in [3.8, 4) is 0 Å². The molecule has 128 valence electrons. The van der Waals surface area contributed by atoms with Crippen LogP contribution >= 0.6 is 0 Å². The fourth-order valence-electron chi connectivity index (χ4n) is 3.56. The number of aromatic nitrogens is 1. The molecule has 0 fully saturated rings. The highest BCUT2D eigenvalue weighted by Gasteiger charge is 2.46. The largest absolute Gasteiger partial charge is 0.464 e. The number of nitrogens with zero attached hydrogens (tertiary/aromatic N) is 1. The molecule has 3 aromatic rings. The molecule has 5 nitrogen and oxygen atoms in total. The minimum atomic E-state index is -0.840. The summed E-state index contributed by atoms with van der Waals surface area (Å²) in [7, 11) is 0. The third-order valence-electron chi connectivity index (χ3n) is 4.75. The van der Waals surface area contributed by atoms with Gasteiger partial charge in [0.2, 0.25) is 5.89 Å². The number of rotatable bonds is 5. The lowest BCUT2D eigenvalue weighted by Crippen LogP contribution is -2.48. The van der Waals surface area contributed by atoms with Gasteiger partial charge in [0.15, 0.2) is 5.58 Å². The number of para-hydroxylation sites is 2. The lowest BCUT2D eigenvalue weighted by molar-refractivity contribution is -0.152. The number of hydrogen-bond donors (Lipinski definition) is 1. The molecule has 1 atom stereocenters. The molecule has 1 heterocycles. The Morgan fingerprint density at radius 3 is 2.88 bits per heavy atom. The lowest BCUT2D eigenvalue weighted by Gasteiger charge is -2.28. The summed E-state index contributed by atoms with van der Waals surface area (Å²) in [5, 5.41) is 3.38. The second kappa shape index (κ2) is 6.33. The van der Waals surface area contributed by atoms with Gasteiger partial charge in [-0.05, 0) is 43.0 Å². The van der Waals surface area contributed by atoms with Crippen molar-refractivity contribution in [1.82, 2.24) is 10.3 Å². The molecular formula is C20H20N2O3. The number of oxazole rings is 1. The fourth-order valence-corrected chi connectivity index (χ4v) is 3.56. The predicted octanol–water partition coefficient (Wildman–Crippen LogP) is 3.32. The quantitative estimate of drug-likeness (QED) is 0.724. The summed E-state index contributed by atoms with van der Waals surface area (Å²) in [6.07, 6.45) is 1.51. The number of aryl methyl sites for hydroxylation is 1. The highest BCUT2D eigenvalue weighted by Crippen LogP contribution is 2.38. The van der Waals surface area contributed by atoms with E-state index in [0.717, 1.165) is 23.1 Å². The number of ether oxygens (including phenoxy) is 1. The number of carbonyl (C=O) groups excluding carboxylic acids is 1. The highest BCUT2D eigenvalue weighted by atomic mass is 16.5. The third-order valence-corrected chi connectivity index (χ3v) is 4.75. The van der Waals surface area contributed by atoms with Gasteiger partial charge in [-0.2, -0.15) is 0 Å². The molecule has 1 unspecified atom stereocenters. The zero-order valence-electron chi connectivity index (χ0n) is 14.1. The molecule has 1 aliphatic carbocycles. The first-order valence-corrected chi connectivity index (χ1v) is 8.58. The van der Waals surface area contributed by atoms with Crippen LogP contribution in [0.5, 0.6) is 0 Å². The van der Waals surface area contributed by atoms with Crippen molar-refractivity contribution in [2.75, 3.05) is 6.61 Å². The number of nitrogens with one attached hydrogen (secondary N) is 1. The molecule has 1 aliphatic rings. The van der Waals surface area contributed by atoms with Crippen LogP contribution in [0.25, 0.3) is 11.1 Å². The van der Waals surface area contributed by atoms with Crippen molar-refractivity contribution in [2.45, 2.75) is 31.8 Å². The summed E-state index contributed by atoms with van der Waals surface area (Å²) in [6, 6.07) is 15.7. The molecule has 4 rings (SSSR count). The Morgan fingerprint density at radius 1 is 1.24 bits per heavy atom. The average Bonchev–Trinajstić information content (AvgIpc) is 3.22. The molecule has 0 radical (unpaired) electrons. The van der Waals surface area contributed by atoms with Gasteiger partial charge in [-0.3, -0.25) is 5.32 Å². The van der Waals surface area contributed by atoms with Gasteiger partial charge in [-0.15, -0.1) is 0 Å². The Balaban J connectivity index is 1.64. The Morgan fingerprint density at radius 2 is 2.04 bits per heavy atom. The van der Waals surface area contributed by atoms with Gasteiger partial charge in [0.1, 0.15) is 11.1 Å². The maximum Gasteiger partial charge on any atom is 0.331 e. The first-order valence-electron chi connectivity index (χ1n) is 8.58. The van der Waals surface area contributed by atoms with Gasteiger partial charge in [-0.25, -0.2) is 9.78 Å². The minimum Gasteiger partial charge on any atom is -0.464 e. The lowest BCUT2D eigenvalue weighted by atomic mass is 9.91. The van der Waals surface area contributed by atoms with Crippen LogP contribution < -0.4 is 5.32 Å². The standard InChI is InChI=1S/C20H20N2O3/c1-2-24-19(23)20(12-11-14-7-3-4-8-15(14)20)21-13-18-22-16-9-5-6-10-17(16)25-18/h3-10,21H,2,11-13H2,1H3. The maximum atomic E-state index is 12.8. The number of benzene rings is 2. The average molecular weight is 336 g/mol. The molecule has 0 saturated heterocycles. The van der Waals surface area contributed by atoms with Crippen LogP contribution in [0.15, 0.2) is 52.9 Å². The highest BCUT2D eigenvalue weighted by molar-refractivity contribution is 5.84. The second-order valence-corrected chi connectivity index (χ2v) is 6.21. The summed E-state index contributed by atoms with van der Waals surface area (Å²) in [4.78, 5) is 17.3. The number of fused-ring (bicyclic) bond motifs is 2. The first kappa shape index (κ1) is 15.8.